The van der Waals surface area contributed by atoms with Gasteiger partial charge in [0.2, 0.25) is 0 Å². The Labute approximate surface area is 148 Å². The Balaban J connectivity index is 2.11. The molecule has 0 aromatic heterocycles. The van der Waals surface area contributed by atoms with Crippen molar-refractivity contribution in [3.05, 3.63) is 58.7 Å². The number of benzene rings is 2. The van der Waals surface area contributed by atoms with E-state index in [0.717, 1.165) is 25.9 Å². The molecular weight excluding hydrogens is 290 g/mol. The lowest BCUT2D eigenvalue weighted by Crippen LogP contribution is -2.18. The van der Waals surface area contributed by atoms with Crippen LogP contribution in [-0.4, -0.2) is 13.1 Å². The molecule has 2 rings (SSSR count). The third-order valence-corrected chi connectivity index (χ3v) is 5.09. The van der Waals surface area contributed by atoms with E-state index in [4.69, 9.17) is 0 Å². The van der Waals surface area contributed by atoms with Gasteiger partial charge in [0.05, 0.1) is 0 Å². The second kappa shape index (κ2) is 9.64. The third kappa shape index (κ3) is 4.70. The Hall–Kier alpha value is -1.60. The van der Waals surface area contributed by atoms with E-state index in [1.54, 1.807) is 0 Å². The van der Waals surface area contributed by atoms with Gasteiger partial charge in [0.25, 0.3) is 0 Å². The van der Waals surface area contributed by atoms with E-state index in [9.17, 15) is 0 Å². The van der Waals surface area contributed by atoms with Crippen molar-refractivity contribution >= 4 is 0 Å². The fourth-order valence-corrected chi connectivity index (χ4v) is 3.45. The molecule has 0 atom stereocenters. The molecular formula is C23H33N. The molecule has 0 spiro atoms. The molecule has 0 saturated carbocycles. The van der Waals surface area contributed by atoms with Gasteiger partial charge in [0.1, 0.15) is 0 Å². The van der Waals surface area contributed by atoms with Gasteiger partial charge in [-0.25, -0.2) is 0 Å². The summed E-state index contributed by atoms with van der Waals surface area (Å²) < 4.78 is 0. The predicted molar refractivity (Wildman–Crippen MR) is 107 cm³/mol. The van der Waals surface area contributed by atoms with Crippen LogP contribution in [0.4, 0.5) is 0 Å². The highest BCUT2D eigenvalue weighted by Gasteiger charge is 2.10. The molecule has 24 heavy (non-hydrogen) atoms. The van der Waals surface area contributed by atoms with Crippen molar-refractivity contribution in [3.8, 4) is 11.1 Å². The Morgan fingerprint density at radius 1 is 0.750 bits per heavy atom. The zero-order valence-electron chi connectivity index (χ0n) is 15.9. The number of rotatable bonds is 9. The van der Waals surface area contributed by atoms with Crippen LogP contribution in [0.2, 0.25) is 0 Å². The molecule has 0 aliphatic carbocycles. The van der Waals surface area contributed by atoms with Crippen LogP contribution in [0.25, 0.3) is 11.1 Å². The average molecular weight is 324 g/mol. The van der Waals surface area contributed by atoms with Crippen LogP contribution in [0, 0.1) is 13.8 Å². The molecule has 1 nitrogen and oxygen atoms in total. The Kier molecular flexibility index (Phi) is 7.52. The minimum atomic E-state index is 1.07. The van der Waals surface area contributed by atoms with E-state index < -0.39 is 0 Å². The lowest BCUT2D eigenvalue weighted by molar-refractivity contribution is 0.616. The van der Waals surface area contributed by atoms with Gasteiger partial charge in [-0.05, 0) is 79.6 Å². The smallest absolute Gasteiger partial charge is 0.000825 e. The minimum Gasteiger partial charge on any atom is -0.316 e. The molecule has 0 radical (unpaired) electrons. The molecule has 2 aromatic rings. The molecule has 130 valence electrons. The van der Waals surface area contributed by atoms with Gasteiger partial charge >= 0.3 is 0 Å². The van der Waals surface area contributed by atoms with Crippen molar-refractivity contribution in [1.29, 1.82) is 0 Å². The Morgan fingerprint density at radius 3 is 2.00 bits per heavy atom. The average Bonchev–Trinajstić information content (AvgIpc) is 2.60. The molecule has 1 N–H and O–H groups in total. The summed E-state index contributed by atoms with van der Waals surface area (Å²) in [5.41, 5.74) is 8.57. The Morgan fingerprint density at radius 2 is 1.38 bits per heavy atom. The first kappa shape index (κ1) is 18.7. The van der Waals surface area contributed by atoms with E-state index in [1.807, 2.05) is 0 Å². The van der Waals surface area contributed by atoms with E-state index >= 15 is 0 Å². The Bertz CT molecular complexity index is 642. The summed E-state index contributed by atoms with van der Waals surface area (Å²) in [4.78, 5) is 0. The van der Waals surface area contributed by atoms with Crippen LogP contribution in [0.1, 0.15) is 55.4 Å². The van der Waals surface area contributed by atoms with Gasteiger partial charge in [-0.15, -0.1) is 0 Å². The zero-order chi connectivity index (χ0) is 17.4. The van der Waals surface area contributed by atoms with Gasteiger partial charge in [-0.3, -0.25) is 0 Å². The van der Waals surface area contributed by atoms with Crippen molar-refractivity contribution < 1.29 is 0 Å². The summed E-state index contributed by atoms with van der Waals surface area (Å²) in [6.07, 6.45) is 6.12. The maximum atomic E-state index is 3.58. The van der Waals surface area contributed by atoms with Crippen molar-refractivity contribution in [2.24, 2.45) is 0 Å². The number of hydrogen-bond donors (Lipinski definition) is 1. The molecule has 0 bridgehead atoms. The fraction of sp³-hybridized carbons (Fsp3) is 0.478. The van der Waals surface area contributed by atoms with Crippen molar-refractivity contribution in [3.63, 3.8) is 0 Å². The van der Waals surface area contributed by atoms with Gasteiger partial charge in [0.15, 0.2) is 0 Å². The highest BCUT2D eigenvalue weighted by molar-refractivity contribution is 5.72. The molecule has 2 aromatic carbocycles. The lowest BCUT2D eigenvalue weighted by Gasteiger charge is -2.15. The number of hydrogen-bond acceptors (Lipinski definition) is 1. The molecule has 0 fully saturated rings. The quantitative estimate of drug-likeness (QED) is 0.570. The lowest BCUT2D eigenvalue weighted by atomic mass is 9.90. The predicted octanol–water partition coefficient (Wildman–Crippen LogP) is 5.86. The SMILES string of the molecule is CCCCCNCCc1cccc(-c2cccc(CC)c2C)c1C. The maximum Gasteiger partial charge on any atom is -0.000825 e. The molecule has 0 heterocycles. The van der Waals surface area contributed by atoms with Crippen LogP contribution in [0.5, 0.6) is 0 Å². The second-order valence-electron chi connectivity index (χ2n) is 6.74. The minimum absolute atomic E-state index is 1.07. The van der Waals surface area contributed by atoms with Gasteiger partial charge in [0, 0.05) is 0 Å². The van der Waals surface area contributed by atoms with Crippen molar-refractivity contribution in [1.82, 2.24) is 5.32 Å². The van der Waals surface area contributed by atoms with E-state index in [1.165, 1.54) is 52.6 Å². The van der Waals surface area contributed by atoms with Gasteiger partial charge < -0.3 is 5.32 Å². The molecule has 0 saturated heterocycles. The zero-order valence-corrected chi connectivity index (χ0v) is 15.9. The summed E-state index contributed by atoms with van der Waals surface area (Å²) in [6, 6.07) is 13.5. The van der Waals surface area contributed by atoms with Crippen LogP contribution < -0.4 is 5.32 Å². The molecule has 0 amide bonds. The van der Waals surface area contributed by atoms with E-state index in [2.05, 4.69) is 69.4 Å². The molecule has 1 heteroatoms. The number of aryl methyl sites for hydroxylation is 1. The second-order valence-corrected chi connectivity index (χ2v) is 6.74. The van der Waals surface area contributed by atoms with Crippen molar-refractivity contribution in [2.45, 2.75) is 59.8 Å². The molecule has 0 unspecified atom stereocenters. The summed E-state index contributed by atoms with van der Waals surface area (Å²) in [5, 5.41) is 3.58. The first-order valence-corrected chi connectivity index (χ1v) is 9.57. The van der Waals surface area contributed by atoms with Crippen LogP contribution in [-0.2, 0) is 12.8 Å². The van der Waals surface area contributed by atoms with Crippen LogP contribution in [0.3, 0.4) is 0 Å². The topological polar surface area (TPSA) is 12.0 Å². The summed E-state index contributed by atoms with van der Waals surface area (Å²) in [5.74, 6) is 0. The summed E-state index contributed by atoms with van der Waals surface area (Å²) in [7, 11) is 0. The van der Waals surface area contributed by atoms with Crippen LogP contribution >= 0.6 is 0 Å². The van der Waals surface area contributed by atoms with E-state index in [0.29, 0.717) is 0 Å². The summed E-state index contributed by atoms with van der Waals surface area (Å²) in [6.45, 7) is 11.2. The molecule has 0 aliphatic heterocycles. The number of nitrogens with one attached hydrogen (secondary N) is 1. The van der Waals surface area contributed by atoms with Gasteiger partial charge in [-0.2, -0.15) is 0 Å². The highest BCUT2D eigenvalue weighted by atomic mass is 14.8. The number of unbranched alkanes of at least 4 members (excludes halogenated alkanes) is 2. The van der Waals surface area contributed by atoms with E-state index in [-0.39, 0.29) is 0 Å². The third-order valence-electron chi connectivity index (χ3n) is 5.09. The summed E-state index contributed by atoms with van der Waals surface area (Å²) >= 11 is 0. The maximum absolute atomic E-state index is 3.58. The van der Waals surface area contributed by atoms with Gasteiger partial charge in [-0.1, -0.05) is 63.1 Å². The largest absolute Gasteiger partial charge is 0.316 e. The van der Waals surface area contributed by atoms with Crippen molar-refractivity contribution in [2.75, 3.05) is 13.1 Å². The fourth-order valence-electron chi connectivity index (χ4n) is 3.45. The monoisotopic (exact) mass is 323 g/mol. The molecule has 0 aliphatic rings. The first-order valence-electron chi connectivity index (χ1n) is 9.57. The highest BCUT2D eigenvalue weighted by Crippen LogP contribution is 2.30. The van der Waals surface area contributed by atoms with Crippen LogP contribution in [0.15, 0.2) is 36.4 Å². The normalized spacial score (nSPS) is 11.0. The first-order chi connectivity index (χ1) is 11.7. The standard InChI is InChI=1S/C23H33N/c1-5-7-8-16-24-17-15-21-12-10-14-23(19(21)4)22-13-9-11-20(6-2)18(22)3/h9-14,24H,5-8,15-17H2,1-4H3.